The molecular weight excluding hydrogens is 424 g/mol. The minimum atomic E-state index is -3.66. The van der Waals surface area contributed by atoms with E-state index in [-0.39, 0.29) is 17.2 Å². The highest BCUT2D eigenvalue weighted by Gasteiger charge is 2.27. The van der Waals surface area contributed by atoms with Gasteiger partial charge in [0.25, 0.3) is 0 Å². The maximum atomic E-state index is 13.1. The van der Waals surface area contributed by atoms with Crippen LogP contribution < -0.4 is 10.2 Å². The highest BCUT2D eigenvalue weighted by atomic mass is 32.2. The van der Waals surface area contributed by atoms with Crippen molar-refractivity contribution >= 4 is 38.6 Å². The molecule has 30 heavy (non-hydrogen) atoms. The number of amides is 1. The van der Waals surface area contributed by atoms with Gasteiger partial charge >= 0.3 is 0 Å². The molecule has 2 heterocycles. The number of ether oxygens (including phenoxy) is 1. The Labute approximate surface area is 181 Å². The number of hydrogen-bond donors (Lipinski definition) is 1. The second kappa shape index (κ2) is 9.86. The summed E-state index contributed by atoms with van der Waals surface area (Å²) >= 11 is 1.50. The first kappa shape index (κ1) is 22.7. The van der Waals surface area contributed by atoms with Gasteiger partial charge < -0.3 is 15.0 Å². The molecule has 1 aromatic heterocycles. The van der Waals surface area contributed by atoms with Gasteiger partial charge in [-0.05, 0) is 39.0 Å². The number of sulfonamides is 1. The number of hydrogen-bond acceptors (Lipinski definition) is 7. The van der Waals surface area contributed by atoms with Crippen LogP contribution in [-0.4, -0.2) is 63.0 Å². The molecule has 0 bridgehead atoms. The Bertz CT molecular complexity index is 980. The zero-order chi connectivity index (χ0) is 21.7. The third-order valence-electron chi connectivity index (χ3n) is 4.96. The fourth-order valence-electron chi connectivity index (χ4n) is 3.40. The van der Waals surface area contributed by atoms with E-state index in [4.69, 9.17) is 4.74 Å². The van der Waals surface area contributed by atoms with Crippen molar-refractivity contribution in [3.8, 4) is 0 Å². The number of thiazole rings is 1. The summed E-state index contributed by atoms with van der Waals surface area (Å²) in [5, 5.41) is 5.67. The van der Waals surface area contributed by atoms with E-state index in [1.807, 2.05) is 26.2 Å². The monoisotopic (exact) mass is 452 g/mol. The fourth-order valence-corrected chi connectivity index (χ4v) is 5.45. The number of benzene rings is 1. The van der Waals surface area contributed by atoms with Crippen molar-refractivity contribution in [2.75, 3.05) is 49.6 Å². The Hall–Kier alpha value is -2.01. The van der Waals surface area contributed by atoms with Crippen molar-refractivity contribution in [2.45, 2.75) is 32.1 Å². The lowest BCUT2D eigenvalue weighted by Crippen LogP contribution is -2.40. The molecule has 0 unspecified atom stereocenters. The Kier molecular flexibility index (Phi) is 7.45. The number of rotatable bonds is 8. The first-order chi connectivity index (χ1) is 14.3. The molecule has 0 aliphatic carbocycles. The van der Waals surface area contributed by atoms with E-state index < -0.39 is 10.0 Å². The SMILES string of the molecule is CCN(CC)c1ccc(S(=O)(=O)N2CCOCC2)cc1NC(=O)Cc1csc(C)n1. The molecule has 164 valence electrons. The highest BCUT2D eigenvalue weighted by molar-refractivity contribution is 7.89. The van der Waals surface area contributed by atoms with E-state index in [1.165, 1.54) is 15.6 Å². The molecule has 1 aromatic carbocycles. The lowest BCUT2D eigenvalue weighted by atomic mass is 10.2. The van der Waals surface area contributed by atoms with Crippen molar-refractivity contribution in [3.05, 3.63) is 34.3 Å². The normalized spacial score (nSPS) is 15.2. The summed E-state index contributed by atoms with van der Waals surface area (Å²) in [4.78, 5) is 19.2. The zero-order valence-electron chi connectivity index (χ0n) is 17.6. The molecule has 1 aliphatic heterocycles. The number of morpholine rings is 1. The van der Waals surface area contributed by atoms with Gasteiger partial charge in [-0.25, -0.2) is 13.4 Å². The lowest BCUT2D eigenvalue weighted by Gasteiger charge is -2.28. The summed E-state index contributed by atoms with van der Waals surface area (Å²) in [6, 6.07) is 4.93. The van der Waals surface area contributed by atoms with E-state index in [1.54, 1.807) is 18.2 Å². The van der Waals surface area contributed by atoms with Gasteiger partial charge in [-0.15, -0.1) is 11.3 Å². The number of nitrogens with zero attached hydrogens (tertiary/aromatic N) is 3. The molecule has 0 saturated carbocycles. The van der Waals surface area contributed by atoms with Gasteiger partial charge in [0.05, 0.1) is 46.6 Å². The number of aryl methyl sites for hydroxylation is 1. The van der Waals surface area contributed by atoms with Crippen molar-refractivity contribution in [3.63, 3.8) is 0 Å². The molecule has 0 spiro atoms. The first-order valence-corrected chi connectivity index (χ1v) is 12.3. The number of anilines is 2. The summed E-state index contributed by atoms with van der Waals surface area (Å²) in [6.07, 6.45) is 0.141. The maximum Gasteiger partial charge on any atom is 0.243 e. The van der Waals surface area contributed by atoms with Crippen molar-refractivity contribution in [2.24, 2.45) is 0 Å². The number of carbonyl (C=O) groups is 1. The minimum Gasteiger partial charge on any atom is -0.379 e. The zero-order valence-corrected chi connectivity index (χ0v) is 19.2. The Balaban J connectivity index is 1.91. The second-order valence-electron chi connectivity index (χ2n) is 6.95. The quantitative estimate of drug-likeness (QED) is 0.662. The van der Waals surface area contributed by atoms with Gasteiger partial charge in [-0.1, -0.05) is 0 Å². The minimum absolute atomic E-state index is 0.141. The molecule has 1 N–H and O–H groups in total. The van der Waals surface area contributed by atoms with Gasteiger partial charge in [-0.2, -0.15) is 4.31 Å². The summed E-state index contributed by atoms with van der Waals surface area (Å²) in [7, 11) is -3.66. The number of aromatic nitrogens is 1. The topological polar surface area (TPSA) is 91.8 Å². The molecule has 0 atom stereocenters. The highest BCUT2D eigenvalue weighted by Crippen LogP contribution is 2.30. The molecular formula is C20H28N4O4S2. The van der Waals surface area contributed by atoms with Gasteiger partial charge in [0.15, 0.2) is 0 Å². The van der Waals surface area contributed by atoms with Gasteiger partial charge in [0.2, 0.25) is 15.9 Å². The van der Waals surface area contributed by atoms with Crippen molar-refractivity contribution in [1.29, 1.82) is 0 Å². The van der Waals surface area contributed by atoms with E-state index in [0.29, 0.717) is 37.7 Å². The van der Waals surface area contributed by atoms with Gasteiger partial charge in [-0.3, -0.25) is 4.79 Å². The smallest absolute Gasteiger partial charge is 0.243 e. The van der Waals surface area contributed by atoms with E-state index in [9.17, 15) is 13.2 Å². The van der Waals surface area contributed by atoms with Crippen LogP contribution in [0, 0.1) is 6.92 Å². The molecule has 1 aliphatic rings. The summed E-state index contributed by atoms with van der Waals surface area (Å²) < 4.78 is 32.8. The second-order valence-corrected chi connectivity index (χ2v) is 9.95. The summed E-state index contributed by atoms with van der Waals surface area (Å²) in [5.41, 5.74) is 1.99. The lowest BCUT2D eigenvalue weighted by molar-refractivity contribution is -0.115. The van der Waals surface area contributed by atoms with Crippen LogP contribution in [-0.2, 0) is 26.0 Å². The van der Waals surface area contributed by atoms with Gasteiger partial charge in [0.1, 0.15) is 0 Å². The van der Waals surface area contributed by atoms with Crippen LogP contribution in [0.15, 0.2) is 28.5 Å². The molecule has 2 aromatic rings. The third-order valence-corrected chi connectivity index (χ3v) is 7.68. The van der Waals surface area contributed by atoms with Crippen LogP contribution in [0.1, 0.15) is 24.5 Å². The molecule has 1 saturated heterocycles. The fraction of sp³-hybridized carbons (Fsp3) is 0.500. The van der Waals surface area contributed by atoms with Crippen molar-refractivity contribution < 1.29 is 17.9 Å². The standard InChI is InChI=1S/C20H28N4O4S2/c1-4-23(5-2)19-7-6-17(30(26,27)24-8-10-28-11-9-24)13-18(19)22-20(25)12-16-14-29-15(3)21-16/h6-7,13-14H,4-5,8-12H2,1-3H3,(H,22,25). The van der Waals surface area contributed by atoms with Crippen LogP contribution in [0.2, 0.25) is 0 Å². The predicted molar refractivity (Wildman–Crippen MR) is 119 cm³/mol. The number of nitrogens with one attached hydrogen (secondary N) is 1. The Morgan fingerprint density at radius 2 is 1.97 bits per heavy atom. The maximum absolute atomic E-state index is 13.1. The molecule has 1 fully saturated rings. The largest absolute Gasteiger partial charge is 0.379 e. The molecule has 8 nitrogen and oxygen atoms in total. The average Bonchev–Trinajstić information content (AvgIpc) is 3.14. The summed E-state index contributed by atoms with van der Waals surface area (Å²) in [6.45, 7) is 8.82. The number of carbonyl (C=O) groups excluding carboxylic acids is 1. The predicted octanol–water partition coefficient (Wildman–Crippen LogP) is 2.50. The molecule has 10 heteroatoms. The molecule has 3 rings (SSSR count). The van der Waals surface area contributed by atoms with Crippen LogP contribution in [0.25, 0.3) is 0 Å². The third kappa shape index (κ3) is 5.18. The Morgan fingerprint density at radius 1 is 1.27 bits per heavy atom. The van der Waals surface area contributed by atoms with E-state index >= 15 is 0 Å². The Morgan fingerprint density at radius 3 is 2.57 bits per heavy atom. The van der Waals surface area contributed by atoms with E-state index in [0.717, 1.165) is 23.8 Å². The summed E-state index contributed by atoms with van der Waals surface area (Å²) in [5.74, 6) is -0.227. The molecule has 0 radical (unpaired) electrons. The van der Waals surface area contributed by atoms with Crippen LogP contribution in [0.4, 0.5) is 11.4 Å². The van der Waals surface area contributed by atoms with Gasteiger partial charge in [0, 0.05) is 31.6 Å². The first-order valence-electron chi connectivity index (χ1n) is 10.0. The van der Waals surface area contributed by atoms with E-state index in [2.05, 4.69) is 15.2 Å². The van der Waals surface area contributed by atoms with Crippen LogP contribution in [0.5, 0.6) is 0 Å². The van der Waals surface area contributed by atoms with Crippen molar-refractivity contribution in [1.82, 2.24) is 9.29 Å². The van der Waals surface area contributed by atoms with Crippen LogP contribution in [0.3, 0.4) is 0 Å². The molecule has 1 amide bonds. The van der Waals surface area contributed by atoms with Crippen LogP contribution >= 0.6 is 11.3 Å². The average molecular weight is 453 g/mol.